The van der Waals surface area contributed by atoms with Gasteiger partial charge < -0.3 is 10.6 Å². The van der Waals surface area contributed by atoms with Crippen molar-refractivity contribution in [2.75, 3.05) is 51.3 Å². The minimum absolute atomic E-state index is 0.0274. The third kappa shape index (κ3) is 7.30. The van der Waals surface area contributed by atoms with Crippen molar-refractivity contribution >= 4 is 15.7 Å². The van der Waals surface area contributed by atoms with Gasteiger partial charge in [-0.05, 0) is 6.42 Å². The summed E-state index contributed by atoms with van der Waals surface area (Å²) in [6.45, 7) is 4.44. The fraction of sp³-hybridized carbons (Fsp3) is 0.900. The number of nitrogens with one attached hydrogen (secondary N) is 2. The van der Waals surface area contributed by atoms with Gasteiger partial charge in [-0.25, -0.2) is 8.42 Å². The first kappa shape index (κ1) is 14.4. The van der Waals surface area contributed by atoms with Gasteiger partial charge in [-0.2, -0.15) is 0 Å². The van der Waals surface area contributed by atoms with E-state index in [0.29, 0.717) is 19.5 Å². The molecular formula is C10H21N3O3S. The molecule has 1 aliphatic heterocycles. The zero-order valence-electron chi connectivity index (χ0n) is 10.2. The Morgan fingerprint density at radius 1 is 1.35 bits per heavy atom. The Kier molecular flexibility index (Phi) is 5.87. The zero-order chi connectivity index (χ0) is 12.7. The van der Waals surface area contributed by atoms with E-state index in [2.05, 4.69) is 15.5 Å². The molecule has 1 saturated heterocycles. The predicted molar refractivity (Wildman–Crippen MR) is 66.6 cm³/mol. The highest BCUT2D eigenvalue weighted by Gasteiger charge is 2.12. The molecule has 7 heteroatoms. The standard InChI is InChI=1S/C10H21N3O3S/c1-17(15,16)8-2-3-12-10(14)9-13-6-4-11-5-7-13/h11H,2-9H2,1H3,(H,12,14). The van der Waals surface area contributed by atoms with Crippen LogP contribution in [0.2, 0.25) is 0 Å². The summed E-state index contributed by atoms with van der Waals surface area (Å²) in [4.78, 5) is 13.6. The van der Waals surface area contributed by atoms with Crippen LogP contribution >= 0.6 is 0 Å². The number of hydrogen-bond donors (Lipinski definition) is 2. The maximum atomic E-state index is 11.5. The van der Waals surface area contributed by atoms with Crippen molar-refractivity contribution in [2.24, 2.45) is 0 Å². The number of sulfone groups is 1. The molecule has 0 saturated carbocycles. The van der Waals surface area contributed by atoms with Crippen LogP contribution in [0.3, 0.4) is 0 Å². The average molecular weight is 263 g/mol. The highest BCUT2D eigenvalue weighted by atomic mass is 32.2. The van der Waals surface area contributed by atoms with Gasteiger partial charge >= 0.3 is 0 Å². The Morgan fingerprint density at radius 3 is 2.59 bits per heavy atom. The number of carbonyl (C=O) groups is 1. The molecule has 0 aromatic heterocycles. The molecule has 0 spiro atoms. The van der Waals surface area contributed by atoms with Gasteiger partial charge in [0.2, 0.25) is 5.91 Å². The molecule has 0 aliphatic carbocycles. The van der Waals surface area contributed by atoms with Crippen LogP contribution in [-0.4, -0.2) is 70.5 Å². The second-order valence-electron chi connectivity index (χ2n) is 4.36. The van der Waals surface area contributed by atoms with E-state index in [4.69, 9.17) is 0 Å². The first-order chi connectivity index (χ1) is 7.97. The Labute approximate surface area is 103 Å². The van der Waals surface area contributed by atoms with Gasteiger partial charge in [0, 0.05) is 39.0 Å². The number of nitrogens with zero attached hydrogens (tertiary/aromatic N) is 1. The lowest BCUT2D eigenvalue weighted by molar-refractivity contribution is -0.122. The lowest BCUT2D eigenvalue weighted by Gasteiger charge is -2.26. The van der Waals surface area contributed by atoms with Crippen molar-refractivity contribution in [1.82, 2.24) is 15.5 Å². The minimum atomic E-state index is -2.92. The Bertz CT molecular complexity index is 337. The van der Waals surface area contributed by atoms with Crippen LogP contribution in [0, 0.1) is 0 Å². The van der Waals surface area contributed by atoms with Gasteiger partial charge in [0.15, 0.2) is 0 Å². The van der Waals surface area contributed by atoms with E-state index in [-0.39, 0.29) is 11.7 Å². The third-order valence-corrected chi connectivity index (χ3v) is 3.62. The van der Waals surface area contributed by atoms with Crippen molar-refractivity contribution in [1.29, 1.82) is 0 Å². The quantitative estimate of drug-likeness (QED) is 0.567. The summed E-state index contributed by atoms with van der Waals surface area (Å²) in [7, 11) is -2.92. The van der Waals surface area contributed by atoms with E-state index in [1.807, 2.05) is 0 Å². The summed E-state index contributed by atoms with van der Waals surface area (Å²) in [6.07, 6.45) is 1.68. The molecule has 1 heterocycles. The van der Waals surface area contributed by atoms with Gasteiger partial charge in [0.1, 0.15) is 9.84 Å². The van der Waals surface area contributed by atoms with Crippen molar-refractivity contribution in [2.45, 2.75) is 6.42 Å². The van der Waals surface area contributed by atoms with Crippen LogP contribution in [0.5, 0.6) is 0 Å². The van der Waals surface area contributed by atoms with Gasteiger partial charge in [0.05, 0.1) is 12.3 Å². The van der Waals surface area contributed by atoms with Gasteiger partial charge in [-0.15, -0.1) is 0 Å². The summed E-state index contributed by atoms with van der Waals surface area (Å²) in [5, 5.41) is 5.95. The minimum Gasteiger partial charge on any atom is -0.355 e. The Balaban J connectivity index is 2.08. The summed E-state index contributed by atoms with van der Waals surface area (Å²) < 4.78 is 21.7. The fourth-order valence-electron chi connectivity index (χ4n) is 1.69. The number of hydrogen-bond acceptors (Lipinski definition) is 5. The number of amides is 1. The molecule has 1 fully saturated rings. The Hall–Kier alpha value is -0.660. The first-order valence-electron chi connectivity index (χ1n) is 5.85. The fourth-order valence-corrected chi connectivity index (χ4v) is 2.36. The molecule has 0 bridgehead atoms. The summed E-state index contributed by atoms with van der Waals surface area (Å²) >= 11 is 0. The number of rotatable bonds is 6. The maximum Gasteiger partial charge on any atom is 0.234 e. The molecule has 0 atom stereocenters. The molecule has 0 aromatic rings. The van der Waals surface area contributed by atoms with E-state index >= 15 is 0 Å². The normalized spacial score (nSPS) is 17.9. The molecule has 2 N–H and O–H groups in total. The van der Waals surface area contributed by atoms with E-state index in [1.165, 1.54) is 6.26 Å². The molecule has 0 aromatic carbocycles. The Morgan fingerprint density at radius 2 is 2.00 bits per heavy atom. The highest BCUT2D eigenvalue weighted by Crippen LogP contribution is 1.91. The summed E-state index contributed by atoms with van der Waals surface area (Å²) in [5.41, 5.74) is 0. The van der Waals surface area contributed by atoms with E-state index in [0.717, 1.165) is 26.2 Å². The van der Waals surface area contributed by atoms with Crippen molar-refractivity contribution in [3.63, 3.8) is 0 Å². The number of piperazine rings is 1. The van der Waals surface area contributed by atoms with Crippen LogP contribution in [0.4, 0.5) is 0 Å². The molecule has 1 aliphatic rings. The molecular weight excluding hydrogens is 242 g/mol. The molecule has 1 rings (SSSR count). The van der Waals surface area contributed by atoms with Crippen LogP contribution in [0.25, 0.3) is 0 Å². The smallest absolute Gasteiger partial charge is 0.234 e. The monoisotopic (exact) mass is 263 g/mol. The van der Waals surface area contributed by atoms with E-state index < -0.39 is 9.84 Å². The van der Waals surface area contributed by atoms with Crippen LogP contribution < -0.4 is 10.6 Å². The van der Waals surface area contributed by atoms with Gasteiger partial charge in [-0.1, -0.05) is 0 Å². The average Bonchev–Trinajstić information content (AvgIpc) is 2.25. The molecule has 17 heavy (non-hydrogen) atoms. The lowest BCUT2D eigenvalue weighted by atomic mass is 10.3. The van der Waals surface area contributed by atoms with Gasteiger partial charge in [0.25, 0.3) is 0 Å². The van der Waals surface area contributed by atoms with Crippen molar-refractivity contribution in [3.05, 3.63) is 0 Å². The first-order valence-corrected chi connectivity index (χ1v) is 7.91. The molecule has 0 radical (unpaired) electrons. The molecule has 100 valence electrons. The lowest BCUT2D eigenvalue weighted by Crippen LogP contribution is -2.47. The van der Waals surface area contributed by atoms with Crippen LogP contribution in [0.1, 0.15) is 6.42 Å². The van der Waals surface area contributed by atoms with Gasteiger partial charge in [-0.3, -0.25) is 9.69 Å². The van der Waals surface area contributed by atoms with Crippen molar-refractivity contribution < 1.29 is 13.2 Å². The second-order valence-corrected chi connectivity index (χ2v) is 6.62. The topological polar surface area (TPSA) is 78.5 Å². The summed E-state index contributed by atoms with van der Waals surface area (Å²) in [6, 6.07) is 0. The van der Waals surface area contributed by atoms with Crippen LogP contribution in [0.15, 0.2) is 0 Å². The molecule has 6 nitrogen and oxygen atoms in total. The highest BCUT2D eigenvalue weighted by molar-refractivity contribution is 7.90. The van der Waals surface area contributed by atoms with Crippen LogP contribution in [-0.2, 0) is 14.6 Å². The molecule has 0 unspecified atom stereocenters. The molecule has 1 amide bonds. The maximum absolute atomic E-state index is 11.5. The second kappa shape index (κ2) is 6.93. The van der Waals surface area contributed by atoms with E-state index in [1.54, 1.807) is 0 Å². The summed E-state index contributed by atoms with van der Waals surface area (Å²) in [5.74, 6) is 0.0985. The number of carbonyl (C=O) groups excluding carboxylic acids is 1. The largest absolute Gasteiger partial charge is 0.355 e. The van der Waals surface area contributed by atoms with E-state index in [9.17, 15) is 13.2 Å². The third-order valence-electron chi connectivity index (χ3n) is 2.59. The predicted octanol–water partition coefficient (Wildman–Crippen LogP) is -1.56. The zero-order valence-corrected chi connectivity index (χ0v) is 11.1. The van der Waals surface area contributed by atoms with Crippen molar-refractivity contribution in [3.8, 4) is 0 Å². The SMILES string of the molecule is CS(=O)(=O)CCCNC(=O)CN1CCNCC1.